The SMILES string of the molecule is CCC(N[C@H](C)c1cccc(OC)c1)c1cc(-c2cc(F)cc(CCC(=O)O)c2)c2ccccc2c1. The first kappa shape index (κ1) is 25.4. The maximum absolute atomic E-state index is 14.6. The van der Waals surface area contributed by atoms with Crippen molar-refractivity contribution >= 4 is 16.7 Å². The molecular formula is C31H32FNO3. The summed E-state index contributed by atoms with van der Waals surface area (Å²) in [7, 11) is 1.67. The van der Waals surface area contributed by atoms with Gasteiger partial charge < -0.3 is 15.2 Å². The maximum Gasteiger partial charge on any atom is 0.303 e. The minimum atomic E-state index is -0.893. The number of methoxy groups -OCH3 is 1. The largest absolute Gasteiger partial charge is 0.497 e. The number of carboxylic acid groups (broad SMARTS) is 1. The Balaban J connectivity index is 1.74. The summed E-state index contributed by atoms with van der Waals surface area (Å²) >= 11 is 0. The van der Waals surface area contributed by atoms with E-state index < -0.39 is 5.97 Å². The summed E-state index contributed by atoms with van der Waals surface area (Å²) in [6.45, 7) is 4.29. The summed E-state index contributed by atoms with van der Waals surface area (Å²) in [5, 5.41) is 14.9. The van der Waals surface area contributed by atoms with Gasteiger partial charge in [0.2, 0.25) is 0 Å². The zero-order chi connectivity index (χ0) is 25.7. The normalized spacial score (nSPS) is 12.9. The molecule has 4 rings (SSSR count). The van der Waals surface area contributed by atoms with Crippen LogP contribution in [0.5, 0.6) is 5.75 Å². The fourth-order valence-electron chi connectivity index (χ4n) is 4.73. The van der Waals surface area contributed by atoms with Crippen LogP contribution in [-0.4, -0.2) is 18.2 Å². The highest BCUT2D eigenvalue weighted by molar-refractivity contribution is 5.97. The molecule has 186 valence electrons. The fourth-order valence-corrected chi connectivity index (χ4v) is 4.73. The van der Waals surface area contributed by atoms with Crippen molar-refractivity contribution in [2.24, 2.45) is 0 Å². The van der Waals surface area contributed by atoms with Crippen molar-refractivity contribution in [2.75, 3.05) is 7.11 Å². The quantitative estimate of drug-likeness (QED) is 0.245. The number of hydrogen-bond donors (Lipinski definition) is 2. The monoisotopic (exact) mass is 485 g/mol. The zero-order valence-corrected chi connectivity index (χ0v) is 20.9. The number of hydrogen-bond acceptors (Lipinski definition) is 3. The number of rotatable bonds is 10. The first-order chi connectivity index (χ1) is 17.4. The lowest BCUT2D eigenvalue weighted by Crippen LogP contribution is -2.24. The van der Waals surface area contributed by atoms with Crippen molar-refractivity contribution in [1.29, 1.82) is 0 Å². The van der Waals surface area contributed by atoms with Gasteiger partial charge in [-0.1, -0.05) is 49.4 Å². The number of nitrogens with one attached hydrogen (secondary N) is 1. The topological polar surface area (TPSA) is 58.6 Å². The highest BCUT2D eigenvalue weighted by Gasteiger charge is 2.17. The van der Waals surface area contributed by atoms with Crippen LogP contribution in [-0.2, 0) is 11.2 Å². The Kier molecular flexibility index (Phi) is 8.01. The van der Waals surface area contributed by atoms with E-state index in [0.717, 1.165) is 45.2 Å². The third-order valence-corrected chi connectivity index (χ3v) is 6.64. The van der Waals surface area contributed by atoms with E-state index >= 15 is 0 Å². The molecule has 4 aromatic carbocycles. The second kappa shape index (κ2) is 11.4. The first-order valence-electron chi connectivity index (χ1n) is 12.3. The predicted octanol–water partition coefficient (Wildman–Crippen LogP) is 7.47. The smallest absolute Gasteiger partial charge is 0.303 e. The number of aliphatic carboxylic acids is 1. The van der Waals surface area contributed by atoms with E-state index in [0.29, 0.717) is 5.56 Å². The Morgan fingerprint density at radius 2 is 1.81 bits per heavy atom. The summed E-state index contributed by atoms with van der Waals surface area (Å²) in [4.78, 5) is 11.1. The van der Waals surface area contributed by atoms with E-state index in [-0.39, 0.29) is 30.7 Å². The van der Waals surface area contributed by atoms with E-state index in [4.69, 9.17) is 9.84 Å². The van der Waals surface area contributed by atoms with Crippen molar-refractivity contribution in [1.82, 2.24) is 5.32 Å². The molecule has 0 saturated carbocycles. The number of carboxylic acids is 1. The molecule has 5 heteroatoms. The molecule has 0 spiro atoms. The fraction of sp³-hybridized carbons (Fsp3) is 0.258. The molecule has 0 fully saturated rings. The van der Waals surface area contributed by atoms with Crippen LogP contribution in [0.15, 0.2) is 78.9 Å². The van der Waals surface area contributed by atoms with Crippen LogP contribution in [0, 0.1) is 5.82 Å². The summed E-state index contributed by atoms with van der Waals surface area (Å²) in [5.74, 6) is -0.429. The Morgan fingerprint density at radius 1 is 1.00 bits per heavy atom. The second-order valence-electron chi connectivity index (χ2n) is 9.16. The molecular weight excluding hydrogens is 453 g/mol. The summed E-state index contributed by atoms with van der Waals surface area (Å²) in [6.07, 6.45) is 1.13. The molecule has 0 aromatic heterocycles. The van der Waals surface area contributed by atoms with Gasteiger partial charge in [0, 0.05) is 18.5 Å². The van der Waals surface area contributed by atoms with E-state index in [2.05, 4.69) is 43.4 Å². The molecule has 0 amide bonds. The molecule has 0 aliphatic heterocycles. The number of carbonyl (C=O) groups is 1. The van der Waals surface area contributed by atoms with E-state index in [1.165, 1.54) is 12.1 Å². The average molecular weight is 486 g/mol. The lowest BCUT2D eigenvalue weighted by Gasteiger charge is -2.25. The molecule has 4 nitrogen and oxygen atoms in total. The van der Waals surface area contributed by atoms with E-state index in [9.17, 15) is 9.18 Å². The van der Waals surface area contributed by atoms with Crippen molar-refractivity contribution < 1.29 is 19.0 Å². The lowest BCUT2D eigenvalue weighted by atomic mass is 9.91. The van der Waals surface area contributed by atoms with Crippen LogP contribution in [0.3, 0.4) is 0 Å². The van der Waals surface area contributed by atoms with Crippen molar-refractivity contribution in [2.45, 2.75) is 45.2 Å². The number of fused-ring (bicyclic) bond motifs is 1. The van der Waals surface area contributed by atoms with Gasteiger partial charge in [-0.3, -0.25) is 4.79 Å². The standard InChI is InChI=1S/C31H32FNO3/c1-4-30(33-20(2)22-9-7-10-27(18-22)36-3)25-16-23-8-5-6-11-28(23)29(19-25)24-14-21(12-13-31(34)35)15-26(32)17-24/h5-11,14-20,30,33H,4,12-13H2,1-3H3,(H,34,35)/t20-,30?/m1/s1. The Labute approximate surface area is 211 Å². The molecule has 2 atom stereocenters. The van der Waals surface area contributed by atoms with Gasteiger partial charge >= 0.3 is 5.97 Å². The highest BCUT2D eigenvalue weighted by atomic mass is 19.1. The molecule has 0 saturated heterocycles. The summed E-state index contributed by atoms with van der Waals surface area (Å²) < 4.78 is 20.0. The van der Waals surface area contributed by atoms with Gasteiger partial charge in [-0.25, -0.2) is 4.39 Å². The number of benzene rings is 4. The molecule has 1 unspecified atom stereocenters. The molecule has 0 aliphatic rings. The van der Waals surface area contributed by atoms with Crippen LogP contribution >= 0.6 is 0 Å². The average Bonchev–Trinajstić information content (AvgIpc) is 2.89. The third-order valence-electron chi connectivity index (χ3n) is 6.64. The minimum Gasteiger partial charge on any atom is -0.497 e. The number of ether oxygens (including phenoxy) is 1. The van der Waals surface area contributed by atoms with Gasteiger partial charge in [0.1, 0.15) is 11.6 Å². The summed E-state index contributed by atoms with van der Waals surface area (Å²) in [6, 6.07) is 25.5. The van der Waals surface area contributed by atoms with Crippen molar-refractivity contribution in [3.63, 3.8) is 0 Å². The van der Waals surface area contributed by atoms with Crippen LogP contribution in [0.4, 0.5) is 4.39 Å². The minimum absolute atomic E-state index is 0.0341. The highest BCUT2D eigenvalue weighted by Crippen LogP contribution is 2.35. The van der Waals surface area contributed by atoms with Gasteiger partial charge in [-0.05, 0) is 94.8 Å². The van der Waals surface area contributed by atoms with Crippen molar-refractivity contribution in [3.05, 3.63) is 101 Å². The Hall–Kier alpha value is -3.70. The van der Waals surface area contributed by atoms with E-state index in [1.54, 1.807) is 7.11 Å². The molecule has 0 heterocycles. The maximum atomic E-state index is 14.6. The third kappa shape index (κ3) is 5.92. The molecule has 4 aromatic rings. The van der Waals surface area contributed by atoms with E-state index in [1.807, 2.05) is 42.5 Å². The Morgan fingerprint density at radius 3 is 2.56 bits per heavy atom. The molecule has 0 aliphatic carbocycles. The van der Waals surface area contributed by atoms with Crippen LogP contribution in [0.25, 0.3) is 21.9 Å². The van der Waals surface area contributed by atoms with Gasteiger partial charge in [0.25, 0.3) is 0 Å². The zero-order valence-electron chi connectivity index (χ0n) is 20.9. The van der Waals surface area contributed by atoms with Gasteiger partial charge in [-0.2, -0.15) is 0 Å². The molecule has 2 N–H and O–H groups in total. The van der Waals surface area contributed by atoms with Gasteiger partial charge in [-0.15, -0.1) is 0 Å². The lowest BCUT2D eigenvalue weighted by molar-refractivity contribution is -0.136. The summed E-state index contributed by atoms with van der Waals surface area (Å²) in [5.41, 5.74) is 4.63. The van der Waals surface area contributed by atoms with Crippen molar-refractivity contribution in [3.8, 4) is 16.9 Å². The van der Waals surface area contributed by atoms with Gasteiger partial charge in [0.15, 0.2) is 0 Å². The van der Waals surface area contributed by atoms with Crippen LogP contribution in [0.2, 0.25) is 0 Å². The predicted molar refractivity (Wildman–Crippen MR) is 143 cm³/mol. The number of aryl methyl sites for hydroxylation is 1. The van der Waals surface area contributed by atoms with Crippen LogP contribution in [0.1, 0.15) is 55.5 Å². The molecule has 36 heavy (non-hydrogen) atoms. The molecule has 0 radical (unpaired) electrons. The molecule has 0 bridgehead atoms. The second-order valence-corrected chi connectivity index (χ2v) is 9.16. The number of halogens is 1. The van der Waals surface area contributed by atoms with Gasteiger partial charge in [0.05, 0.1) is 7.11 Å². The Bertz CT molecular complexity index is 1370. The van der Waals surface area contributed by atoms with Crippen LogP contribution < -0.4 is 10.1 Å². The first-order valence-corrected chi connectivity index (χ1v) is 12.3.